The molecule has 2 fully saturated rings. The zero-order valence-electron chi connectivity index (χ0n) is 37.3. The summed E-state index contributed by atoms with van der Waals surface area (Å²) < 4.78 is 56.9. The molecule has 10 nitrogen and oxygen atoms in total. The van der Waals surface area contributed by atoms with E-state index in [9.17, 15) is 4.79 Å². The lowest BCUT2D eigenvalue weighted by atomic mass is 9.62. The van der Waals surface area contributed by atoms with Crippen LogP contribution in [0.15, 0.2) is 84.0 Å². The van der Waals surface area contributed by atoms with E-state index < -0.39 is 34.1 Å². The summed E-state index contributed by atoms with van der Waals surface area (Å²) >= 11 is 0. The van der Waals surface area contributed by atoms with Crippen molar-refractivity contribution >= 4 is 33.0 Å². The van der Waals surface area contributed by atoms with Gasteiger partial charge in [-0.1, -0.05) is 114 Å². The normalized spacial score (nSPS) is 26.9. The molecule has 4 aliphatic rings. The highest BCUT2D eigenvalue weighted by atomic mass is 28.4. The van der Waals surface area contributed by atoms with Gasteiger partial charge in [-0.05, 0) is 82.2 Å². The molecule has 1 spiro atoms. The van der Waals surface area contributed by atoms with Crippen LogP contribution in [0.2, 0.25) is 23.2 Å². The predicted octanol–water partition coefficient (Wildman–Crippen LogP) is 7.77. The molecular formula is C47H70O10Si2. The van der Waals surface area contributed by atoms with Crippen molar-refractivity contribution in [1.82, 2.24) is 0 Å². The summed E-state index contributed by atoms with van der Waals surface area (Å²) in [6.07, 6.45) is 7.00. The van der Waals surface area contributed by atoms with Crippen LogP contribution in [0.1, 0.15) is 67.2 Å². The third-order valence-electron chi connectivity index (χ3n) is 13.7. The molecule has 2 aliphatic heterocycles. The van der Waals surface area contributed by atoms with Crippen molar-refractivity contribution in [2.45, 2.75) is 102 Å². The van der Waals surface area contributed by atoms with Gasteiger partial charge in [0.25, 0.3) is 8.32 Å². The quantitative estimate of drug-likeness (QED) is 0.0432. The van der Waals surface area contributed by atoms with Gasteiger partial charge >= 0.3 is 5.97 Å². The fraction of sp³-hybridized carbons (Fsp3) is 0.638. The molecule has 2 heterocycles. The minimum absolute atomic E-state index is 0.0185. The third kappa shape index (κ3) is 9.33. The number of methoxy groups -OCH3 is 2. The largest absolute Gasteiger partial charge is 0.459 e. The van der Waals surface area contributed by atoms with Crippen molar-refractivity contribution in [1.29, 1.82) is 0 Å². The summed E-state index contributed by atoms with van der Waals surface area (Å²) in [5, 5.41) is 2.25. The van der Waals surface area contributed by atoms with Crippen LogP contribution in [-0.2, 0) is 46.8 Å². The molecular weight excluding hydrogens is 781 g/mol. The molecule has 0 aromatic heterocycles. The first-order chi connectivity index (χ1) is 28.0. The first kappa shape index (κ1) is 46.0. The molecule has 326 valence electrons. The third-order valence-corrected chi connectivity index (χ3v) is 23.2. The lowest BCUT2D eigenvalue weighted by molar-refractivity contribution is -0.305. The minimum Gasteiger partial charge on any atom is -0.459 e. The summed E-state index contributed by atoms with van der Waals surface area (Å²) in [7, 11) is -1.62. The number of hydrogen-bond acceptors (Lipinski definition) is 10. The van der Waals surface area contributed by atoms with Crippen LogP contribution in [0.5, 0.6) is 0 Å². The lowest BCUT2D eigenvalue weighted by Gasteiger charge is -2.50. The van der Waals surface area contributed by atoms with Gasteiger partial charge in [0.1, 0.15) is 20.0 Å². The van der Waals surface area contributed by atoms with Gasteiger partial charge in [0.05, 0.1) is 31.8 Å². The van der Waals surface area contributed by atoms with E-state index >= 15 is 0 Å². The number of rotatable bonds is 20. The zero-order chi connectivity index (χ0) is 42.5. The van der Waals surface area contributed by atoms with Crippen LogP contribution >= 0.6 is 0 Å². The molecule has 2 aromatic rings. The van der Waals surface area contributed by atoms with E-state index in [1.54, 1.807) is 14.2 Å². The van der Waals surface area contributed by atoms with Gasteiger partial charge in [-0.25, -0.2) is 4.79 Å². The molecule has 12 heteroatoms. The van der Waals surface area contributed by atoms with E-state index in [0.717, 1.165) is 24.0 Å². The highest BCUT2D eigenvalue weighted by Gasteiger charge is 2.69. The predicted molar refractivity (Wildman–Crippen MR) is 234 cm³/mol. The number of benzene rings is 2. The zero-order valence-corrected chi connectivity index (χ0v) is 39.3. The molecule has 5 bridgehead atoms. The Morgan fingerprint density at radius 3 is 2.10 bits per heavy atom. The fourth-order valence-corrected chi connectivity index (χ4v) is 15.2. The molecule has 0 N–H and O–H groups in total. The first-order valence-electron chi connectivity index (χ1n) is 21.5. The van der Waals surface area contributed by atoms with Crippen molar-refractivity contribution in [3.8, 4) is 0 Å². The maximum Gasteiger partial charge on any atom is 0.331 e. The van der Waals surface area contributed by atoms with Crippen LogP contribution < -0.4 is 10.4 Å². The van der Waals surface area contributed by atoms with Gasteiger partial charge in [0.2, 0.25) is 5.79 Å². The number of allylic oxidation sites excluding steroid dienone is 1. The molecule has 6 atom stereocenters. The van der Waals surface area contributed by atoms with E-state index in [1.165, 1.54) is 10.4 Å². The summed E-state index contributed by atoms with van der Waals surface area (Å²) in [5.41, 5.74) is 1.50. The Kier molecular flexibility index (Phi) is 14.7. The number of esters is 1. The van der Waals surface area contributed by atoms with E-state index in [2.05, 4.69) is 127 Å². The van der Waals surface area contributed by atoms with E-state index in [4.69, 9.17) is 42.0 Å². The maximum absolute atomic E-state index is 13.4. The van der Waals surface area contributed by atoms with Gasteiger partial charge in [-0.3, -0.25) is 0 Å². The van der Waals surface area contributed by atoms with Crippen molar-refractivity contribution in [3.05, 3.63) is 84.0 Å². The Morgan fingerprint density at radius 2 is 1.49 bits per heavy atom. The Morgan fingerprint density at radius 1 is 0.831 bits per heavy atom. The molecule has 2 aromatic carbocycles. The molecule has 0 saturated carbocycles. The maximum atomic E-state index is 13.4. The Bertz CT molecular complexity index is 1710. The second kappa shape index (κ2) is 18.9. The summed E-state index contributed by atoms with van der Waals surface area (Å²) in [6.45, 7) is 20.6. The summed E-state index contributed by atoms with van der Waals surface area (Å²) in [4.78, 5) is 13.4. The monoisotopic (exact) mass is 850 g/mol. The van der Waals surface area contributed by atoms with Crippen molar-refractivity contribution < 1.29 is 46.8 Å². The first-order valence-corrected chi connectivity index (χ1v) is 26.3. The van der Waals surface area contributed by atoms with Gasteiger partial charge in [-0.2, -0.15) is 0 Å². The second-order valence-corrected chi connectivity index (χ2v) is 28.4. The average Bonchev–Trinajstić information content (AvgIpc) is 3.40. The SMILES string of the molecule is COCCOCOCC[C@H]1C=C2[C@@]3(CCO[Si](c4ccccc4)(c4ccccc4)C(C)(C)C)CC(COC(=O)CO[Si](C)(C)C(C)(C)C)=C[C@H]4[C@@H]1CCO[C@@]24O[C@H]3OC. The van der Waals surface area contributed by atoms with Crippen LogP contribution in [-0.4, -0.2) is 102 Å². The van der Waals surface area contributed by atoms with Crippen LogP contribution in [0.4, 0.5) is 0 Å². The van der Waals surface area contributed by atoms with Gasteiger partial charge in [0, 0.05) is 26.7 Å². The highest BCUT2D eigenvalue weighted by Crippen LogP contribution is 2.66. The van der Waals surface area contributed by atoms with Crippen LogP contribution in [0.3, 0.4) is 0 Å². The number of carbonyl (C=O) groups excluding carboxylic acids is 1. The Labute approximate surface area is 355 Å². The molecule has 2 saturated heterocycles. The smallest absolute Gasteiger partial charge is 0.331 e. The molecule has 59 heavy (non-hydrogen) atoms. The van der Waals surface area contributed by atoms with Crippen molar-refractivity contribution in [3.63, 3.8) is 0 Å². The van der Waals surface area contributed by atoms with Crippen LogP contribution in [0.25, 0.3) is 0 Å². The highest BCUT2D eigenvalue weighted by molar-refractivity contribution is 6.99. The van der Waals surface area contributed by atoms with Gasteiger partial charge in [0.15, 0.2) is 14.6 Å². The summed E-state index contributed by atoms with van der Waals surface area (Å²) in [6, 6.07) is 21.5. The molecule has 2 aliphatic carbocycles. The van der Waals surface area contributed by atoms with Crippen molar-refractivity contribution in [2.24, 2.45) is 23.2 Å². The average molecular weight is 851 g/mol. The Balaban J connectivity index is 1.35. The van der Waals surface area contributed by atoms with Crippen molar-refractivity contribution in [2.75, 3.05) is 67.3 Å². The number of hydrogen-bond donors (Lipinski definition) is 0. The molecule has 0 radical (unpaired) electrons. The van der Waals surface area contributed by atoms with E-state index in [-0.39, 0.29) is 53.8 Å². The van der Waals surface area contributed by atoms with E-state index in [0.29, 0.717) is 45.9 Å². The topological polar surface area (TPSA) is 100 Å². The molecule has 6 rings (SSSR count). The minimum atomic E-state index is -2.87. The fourth-order valence-electron chi connectivity index (χ4n) is 9.68. The number of ether oxygens (including phenoxy) is 7. The molecule has 0 unspecified atom stereocenters. The summed E-state index contributed by atoms with van der Waals surface area (Å²) in [5.74, 6) is -1.00. The van der Waals surface area contributed by atoms with Crippen LogP contribution in [0, 0.1) is 23.2 Å². The molecule has 0 amide bonds. The van der Waals surface area contributed by atoms with Gasteiger partial charge < -0.3 is 42.0 Å². The van der Waals surface area contributed by atoms with Gasteiger partial charge in [-0.15, -0.1) is 0 Å². The van der Waals surface area contributed by atoms with E-state index in [1.807, 2.05) is 0 Å². The second-order valence-electron chi connectivity index (χ2n) is 19.3. The Hall–Kier alpha value is -2.50. The lowest BCUT2D eigenvalue weighted by Crippen LogP contribution is -2.66. The number of carbonyl (C=O) groups is 1. The standard InChI is InChI=1S/C47H70O10Si2/c1-44(2,3)58(9,10)56-33-42(48)53-32-35-29-40-39-22-25-54-47(40)41(30-36(39)21-24-51-34-52-28-27-49-7)46(31-35,43(50-8)57-47)23-26-55-59(45(4,5)6,37-17-13-11-14-18-37)38-19-15-12-16-20-38/h11-20,29-30,36,39-40,43H,21-28,31-34H2,1-10H3/t36-,39+,40-,43+,46+,47-/m0/s1.